The van der Waals surface area contributed by atoms with Gasteiger partial charge in [0.2, 0.25) is 0 Å². The van der Waals surface area contributed by atoms with Crippen LogP contribution in [0.3, 0.4) is 0 Å². The van der Waals surface area contributed by atoms with Gasteiger partial charge in [0.25, 0.3) is 10.0 Å². The fraction of sp³-hybridized carbons (Fsp3) is 0.278. The maximum atomic E-state index is 12.9. The maximum Gasteiger partial charge on any atom is 0.252 e. The summed E-state index contributed by atoms with van der Waals surface area (Å²) in [5.74, 6) is 0.835. The Morgan fingerprint density at radius 2 is 1.96 bits per heavy atom. The van der Waals surface area contributed by atoms with Crippen LogP contribution in [0.5, 0.6) is 5.75 Å². The van der Waals surface area contributed by atoms with Gasteiger partial charge in [-0.3, -0.25) is 0 Å². The largest absolute Gasteiger partial charge is 0.494 e. The molecule has 0 bridgehead atoms. The minimum Gasteiger partial charge on any atom is -0.494 e. The first-order valence-corrected chi connectivity index (χ1v) is 12.3. The molecule has 0 aliphatic carbocycles. The van der Waals surface area contributed by atoms with Gasteiger partial charge in [0.05, 0.1) is 22.6 Å². The second kappa shape index (κ2) is 7.63. The van der Waals surface area contributed by atoms with Crippen molar-refractivity contribution in [2.75, 3.05) is 13.2 Å². The highest BCUT2D eigenvalue weighted by atomic mass is 79.9. The van der Waals surface area contributed by atoms with Gasteiger partial charge in [-0.1, -0.05) is 0 Å². The third-order valence-electron chi connectivity index (χ3n) is 4.25. The van der Waals surface area contributed by atoms with Crippen molar-refractivity contribution >= 4 is 48.6 Å². The molecule has 9 heteroatoms. The van der Waals surface area contributed by atoms with E-state index in [-0.39, 0.29) is 0 Å². The molecule has 0 saturated carbocycles. The number of nitrogens with zero attached hydrogens (tertiary/aromatic N) is 2. The lowest BCUT2D eigenvalue weighted by atomic mass is 10.2. The molecule has 3 heterocycles. The van der Waals surface area contributed by atoms with E-state index in [1.807, 2.05) is 31.2 Å². The van der Waals surface area contributed by atoms with Crippen molar-refractivity contribution < 1.29 is 13.2 Å². The zero-order valence-corrected chi connectivity index (χ0v) is 18.5. The van der Waals surface area contributed by atoms with E-state index in [4.69, 9.17) is 9.72 Å². The van der Waals surface area contributed by atoms with Gasteiger partial charge in [-0.2, -0.15) is 4.31 Å². The van der Waals surface area contributed by atoms with Crippen molar-refractivity contribution in [3.8, 4) is 16.3 Å². The van der Waals surface area contributed by atoms with Crippen LogP contribution >= 0.6 is 38.6 Å². The second-order valence-corrected chi connectivity index (χ2v) is 11.7. The van der Waals surface area contributed by atoms with E-state index in [1.165, 1.54) is 11.3 Å². The molecule has 27 heavy (non-hydrogen) atoms. The maximum absolute atomic E-state index is 12.9. The summed E-state index contributed by atoms with van der Waals surface area (Å²) in [6.45, 7) is 3.42. The lowest BCUT2D eigenvalue weighted by Crippen LogP contribution is -2.35. The van der Waals surface area contributed by atoms with Crippen LogP contribution in [0.2, 0.25) is 0 Å². The number of thiophene rings is 1. The van der Waals surface area contributed by atoms with E-state index in [9.17, 15) is 8.42 Å². The molecule has 0 amide bonds. The molecular formula is C18H17BrN2O3S3. The molecule has 5 nitrogen and oxygen atoms in total. The van der Waals surface area contributed by atoms with Crippen molar-refractivity contribution in [1.29, 1.82) is 0 Å². The van der Waals surface area contributed by atoms with Crippen molar-refractivity contribution in [2.24, 2.45) is 0 Å². The van der Waals surface area contributed by atoms with Crippen LogP contribution in [-0.4, -0.2) is 30.9 Å². The summed E-state index contributed by atoms with van der Waals surface area (Å²) in [6.07, 6.45) is 0.634. The van der Waals surface area contributed by atoms with Crippen LogP contribution in [0.1, 0.15) is 17.5 Å². The van der Waals surface area contributed by atoms with Gasteiger partial charge in [-0.05, 0) is 59.3 Å². The van der Waals surface area contributed by atoms with Gasteiger partial charge in [0, 0.05) is 23.4 Å². The molecule has 0 unspecified atom stereocenters. The summed E-state index contributed by atoms with van der Waals surface area (Å²) in [5, 5.41) is 0.918. The zero-order chi connectivity index (χ0) is 19.0. The minimum absolute atomic E-state index is 0.370. The van der Waals surface area contributed by atoms with Gasteiger partial charge in [0.1, 0.15) is 15.0 Å². The van der Waals surface area contributed by atoms with Crippen molar-refractivity contribution in [3.63, 3.8) is 0 Å². The number of thiazole rings is 1. The number of fused-ring (bicyclic) bond motifs is 1. The number of rotatable bonds is 5. The molecule has 0 N–H and O–H groups in total. The van der Waals surface area contributed by atoms with Crippen LogP contribution < -0.4 is 4.74 Å². The Hall–Kier alpha value is -1.26. The van der Waals surface area contributed by atoms with E-state index < -0.39 is 10.0 Å². The number of hydrogen-bond acceptors (Lipinski definition) is 6. The standard InChI is InChI=1S/C18H17BrN2O3S3/c1-2-24-13-5-3-12(4-6-13)18-20-14-9-10-21(11-15(14)25-18)27(22,23)17-8-7-16(19)26-17/h3-8H,2,9-11H2,1H3. The quantitative estimate of drug-likeness (QED) is 0.522. The Bertz CT molecular complexity index is 1060. The van der Waals surface area contributed by atoms with E-state index in [1.54, 1.807) is 27.8 Å². The highest BCUT2D eigenvalue weighted by molar-refractivity contribution is 9.11. The zero-order valence-electron chi connectivity index (χ0n) is 14.5. The Labute approximate surface area is 174 Å². The van der Waals surface area contributed by atoms with E-state index >= 15 is 0 Å². The van der Waals surface area contributed by atoms with E-state index in [0.717, 1.165) is 30.7 Å². The lowest BCUT2D eigenvalue weighted by molar-refractivity contribution is 0.340. The second-order valence-electron chi connectivity index (χ2n) is 5.99. The van der Waals surface area contributed by atoms with E-state index in [2.05, 4.69) is 15.9 Å². The normalized spacial score (nSPS) is 14.9. The molecule has 0 radical (unpaired) electrons. The molecule has 1 aromatic carbocycles. The average Bonchev–Trinajstić information content (AvgIpc) is 3.28. The van der Waals surface area contributed by atoms with Gasteiger partial charge >= 0.3 is 0 Å². The Morgan fingerprint density at radius 3 is 2.63 bits per heavy atom. The molecule has 0 atom stereocenters. The summed E-state index contributed by atoms with van der Waals surface area (Å²) in [6, 6.07) is 11.3. The monoisotopic (exact) mass is 484 g/mol. The number of ether oxygens (including phenoxy) is 1. The predicted octanol–water partition coefficient (Wildman–Crippen LogP) is 4.78. The van der Waals surface area contributed by atoms with Crippen LogP contribution in [0.4, 0.5) is 0 Å². The SMILES string of the molecule is CCOc1ccc(-c2nc3c(s2)CN(S(=O)(=O)c2ccc(Br)s2)CC3)cc1. The summed E-state index contributed by atoms with van der Waals surface area (Å²) in [7, 11) is -3.47. The third-order valence-corrected chi connectivity index (χ3v) is 9.32. The Balaban J connectivity index is 1.57. The molecule has 3 aromatic rings. The molecule has 0 saturated heterocycles. The Kier molecular flexibility index (Phi) is 5.39. The lowest BCUT2D eigenvalue weighted by Gasteiger charge is -2.24. The van der Waals surface area contributed by atoms with Gasteiger partial charge in [0.15, 0.2) is 0 Å². The first kappa shape index (κ1) is 19.1. The molecule has 1 aliphatic rings. The van der Waals surface area contributed by atoms with Crippen LogP contribution in [0, 0.1) is 0 Å². The molecular weight excluding hydrogens is 468 g/mol. The Morgan fingerprint density at radius 1 is 1.19 bits per heavy atom. The topological polar surface area (TPSA) is 59.5 Å². The summed E-state index contributed by atoms with van der Waals surface area (Å²) in [5.41, 5.74) is 2.03. The number of benzene rings is 1. The van der Waals surface area contributed by atoms with Crippen molar-refractivity contribution in [2.45, 2.75) is 24.1 Å². The third kappa shape index (κ3) is 3.84. The molecule has 0 spiro atoms. The summed E-state index contributed by atoms with van der Waals surface area (Å²) in [4.78, 5) is 5.76. The minimum atomic E-state index is -3.47. The predicted molar refractivity (Wildman–Crippen MR) is 112 cm³/mol. The number of aromatic nitrogens is 1. The van der Waals surface area contributed by atoms with Crippen molar-refractivity contribution in [1.82, 2.24) is 9.29 Å². The smallest absolute Gasteiger partial charge is 0.252 e. The van der Waals surface area contributed by atoms with Gasteiger partial charge in [-0.25, -0.2) is 13.4 Å². The number of halogens is 1. The summed E-state index contributed by atoms with van der Waals surface area (Å²) < 4.78 is 34.0. The highest BCUT2D eigenvalue weighted by Gasteiger charge is 2.31. The number of hydrogen-bond donors (Lipinski definition) is 0. The highest BCUT2D eigenvalue weighted by Crippen LogP contribution is 2.35. The average molecular weight is 485 g/mol. The molecule has 1 aliphatic heterocycles. The first-order chi connectivity index (χ1) is 13.0. The molecule has 4 rings (SSSR count). The molecule has 0 fully saturated rings. The molecule has 142 valence electrons. The number of sulfonamides is 1. The van der Waals surface area contributed by atoms with E-state index in [0.29, 0.717) is 30.3 Å². The summed E-state index contributed by atoms with van der Waals surface area (Å²) >= 11 is 6.14. The van der Waals surface area contributed by atoms with Crippen LogP contribution in [-0.2, 0) is 23.0 Å². The van der Waals surface area contributed by atoms with Gasteiger partial charge in [-0.15, -0.1) is 22.7 Å². The first-order valence-electron chi connectivity index (χ1n) is 8.44. The van der Waals surface area contributed by atoms with Crippen LogP contribution in [0.15, 0.2) is 44.4 Å². The fourth-order valence-electron chi connectivity index (χ4n) is 2.92. The molecule has 2 aromatic heterocycles. The van der Waals surface area contributed by atoms with Gasteiger partial charge < -0.3 is 4.74 Å². The van der Waals surface area contributed by atoms with Crippen LogP contribution in [0.25, 0.3) is 10.6 Å². The van der Waals surface area contributed by atoms with Crippen molar-refractivity contribution in [3.05, 3.63) is 50.8 Å². The fourth-order valence-corrected chi connectivity index (χ4v) is 7.71.